The van der Waals surface area contributed by atoms with E-state index in [2.05, 4.69) is 39.1 Å². The molecule has 1 aromatic heterocycles. The Hall–Kier alpha value is -2.27. The smallest absolute Gasteiger partial charge is 0.272 e. The lowest BCUT2D eigenvalue weighted by Gasteiger charge is -2.34. The highest BCUT2D eigenvalue weighted by Gasteiger charge is 2.28. The Bertz CT molecular complexity index is 767. The first-order valence-electron chi connectivity index (χ1n) is 9.12. The summed E-state index contributed by atoms with van der Waals surface area (Å²) in [6.45, 7) is 6.19. The molecule has 25 heavy (non-hydrogen) atoms. The van der Waals surface area contributed by atoms with E-state index in [0.29, 0.717) is 11.5 Å². The van der Waals surface area contributed by atoms with E-state index < -0.39 is 0 Å². The van der Waals surface area contributed by atoms with Gasteiger partial charge in [0.05, 0.1) is 0 Å². The summed E-state index contributed by atoms with van der Waals surface area (Å²) < 4.78 is 0. The largest absolute Gasteiger partial charge is 0.335 e. The zero-order chi connectivity index (χ0) is 17.2. The van der Waals surface area contributed by atoms with Gasteiger partial charge in [-0.1, -0.05) is 30.3 Å². The average molecular weight is 336 g/mol. The molecule has 5 heteroatoms. The first-order chi connectivity index (χ1) is 12.2. The lowest BCUT2D eigenvalue weighted by atomic mass is 10.1. The van der Waals surface area contributed by atoms with Crippen molar-refractivity contribution in [2.24, 2.45) is 0 Å². The highest BCUT2D eigenvalue weighted by molar-refractivity contribution is 5.94. The Kier molecular flexibility index (Phi) is 4.49. The van der Waals surface area contributed by atoms with Crippen LogP contribution in [0.1, 0.15) is 39.6 Å². The fourth-order valence-electron chi connectivity index (χ4n) is 3.83. The fraction of sp³-hybridized carbons (Fsp3) is 0.450. The van der Waals surface area contributed by atoms with E-state index in [0.717, 1.165) is 63.2 Å². The summed E-state index contributed by atoms with van der Waals surface area (Å²) in [6.07, 6.45) is 2.99. The van der Waals surface area contributed by atoms with Crippen LogP contribution < -0.4 is 0 Å². The van der Waals surface area contributed by atoms with Crippen molar-refractivity contribution in [2.45, 2.75) is 32.7 Å². The third-order valence-electron chi connectivity index (χ3n) is 5.16. The van der Waals surface area contributed by atoms with Crippen LogP contribution in [0.25, 0.3) is 0 Å². The molecular weight excluding hydrogens is 312 g/mol. The molecule has 2 aliphatic rings. The number of hydrogen-bond donors (Lipinski definition) is 0. The average Bonchev–Trinajstić information content (AvgIpc) is 3.10. The van der Waals surface area contributed by atoms with Gasteiger partial charge in [-0.25, -0.2) is 9.97 Å². The second kappa shape index (κ2) is 6.92. The predicted octanol–water partition coefficient (Wildman–Crippen LogP) is 2.23. The Morgan fingerprint density at radius 1 is 1.04 bits per heavy atom. The Balaban J connectivity index is 1.42. The lowest BCUT2D eigenvalue weighted by Crippen LogP contribution is -2.48. The zero-order valence-electron chi connectivity index (χ0n) is 14.7. The molecule has 2 heterocycles. The second-order valence-electron chi connectivity index (χ2n) is 6.95. The summed E-state index contributed by atoms with van der Waals surface area (Å²) in [4.78, 5) is 26.4. The maximum atomic E-state index is 13.0. The van der Waals surface area contributed by atoms with Gasteiger partial charge in [0.1, 0.15) is 11.5 Å². The number of amides is 1. The van der Waals surface area contributed by atoms with E-state index >= 15 is 0 Å². The van der Waals surface area contributed by atoms with E-state index in [4.69, 9.17) is 0 Å². The quantitative estimate of drug-likeness (QED) is 0.862. The molecule has 1 fully saturated rings. The van der Waals surface area contributed by atoms with Gasteiger partial charge in [0.2, 0.25) is 0 Å². The number of aryl methyl sites for hydroxylation is 2. The normalized spacial score (nSPS) is 17.6. The molecule has 0 radical (unpaired) electrons. The highest BCUT2D eigenvalue weighted by Crippen LogP contribution is 2.24. The van der Waals surface area contributed by atoms with Crippen molar-refractivity contribution in [3.05, 3.63) is 58.7 Å². The molecule has 1 saturated heterocycles. The molecule has 1 aliphatic carbocycles. The topological polar surface area (TPSA) is 49.3 Å². The van der Waals surface area contributed by atoms with Gasteiger partial charge in [-0.3, -0.25) is 9.69 Å². The number of rotatable bonds is 3. The van der Waals surface area contributed by atoms with Crippen molar-refractivity contribution in [2.75, 3.05) is 26.2 Å². The maximum absolute atomic E-state index is 13.0. The first-order valence-corrected chi connectivity index (χ1v) is 9.12. The number of carbonyl (C=O) groups is 1. The molecular formula is C20H24N4O. The van der Waals surface area contributed by atoms with Crippen molar-refractivity contribution >= 4 is 5.91 Å². The van der Waals surface area contributed by atoms with Gasteiger partial charge in [-0.15, -0.1) is 0 Å². The van der Waals surface area contributed by atoms with Crippen LogP contribution in [0.2, 0.25) is 0 Å². The summed E-state index contributed by atoms with van der Waals surface area (Å²) >= 11 is 0. The van der Waals surface area contributed by atoms with Crippen molar-refractivity contribution in [1.82, 2.24) is 19.8 Å². The van der Waals surface area contributed by atoms with Crippen molar-refractivity contribution < 1.29 is 4.79 Å². The van der Waals surface area contributed by atoms with Gasteiger partial charge in [0.25, 0.3) is 5.91 Å². The molecule has 2 aromatic rings. The standard InChI is InChI=1S/C20H24N4O/c1-15-21-18-9-5-8-17(18)19(22-15)20(25)24-12-10-23(11-13-24)14-16-6-3-2-4-7-16/h2-4,6-7H,5,8-14H2,1H3. The number of piperazine rings is 1. The second-order valence-corrected chi connectivity index (χ2v) is 6.95. The number of fused-ring (bicyclic) bond motifs is 1. The van der Waals surface area contributed by atoms with Crippen LogP contribution in [0.3, 0.4) is 0 Å². The van der Waals surface area contributed by atoms with Crippen LogP contribution in [0.5, 0.6) is 0 Å². The highest BCUT2D eigenvalue weighted by atomic mass is 16.2. The van der Waals surface area contributed by atoms with Crippen molar-refractivity contribution in [3.63, 3.8) is 0 Å². The van der Waals surface area contributed by atoms with E-state index in [-0.39, 0.29) is 5.91 Å². The van der Waals surface area contributed by atoms with Crippen LogP contribution >= 0.6 is 0 Å². The van der Waals surface area contributed by atoms with Gasteiger partial charge in [0, 0.05) is 44.0 Å². The molecule has 0 atom stereocenters. The van der Waals surface area contributed by atoms with Gasteiger partial charge >= 0.3 is 0 Å². The monoisotopic (exact) mass is 336 g/mol. The van der Waals surface area contributed by atoms with Crippen LogP contribution in [-0.2, 0) is 19.4 Å². The zero-order valence-corrected chi connectivity index (χ0v) is 14.7. The lowest BCUT2D eigenvalue weighted by molar-refractivity contribution is 0.0621. The third kappa shape index (κ3) is 3.42. The molecule has 0 N–H and O–H groups in total. The minimum atomic E-state index is 0.0861. The number of hydrogen-bond acceptors (Lipinski definition) is 4. The number of aromatic nitrogens is 2. The minimum Gasteiger partial charge on any atom is -0.335 e. The SMILES string of the molecule is Cc1nc2c(c(C(=O)N3CCN(Cc4ccccc4)CC3)n1)CCC2. The molecule has 0 spiro atoms. The van der Waals surface area contributed by atoms with Crippen LogP contribution in [0, 0.1) is 6.92 Å². The number of benzene rings is 1. The van der Waals surface area contributed by atoms with E-state index in [1.54, 1.807) is 0 Å². The van der Waals surface area contributed by atoms with Gasteiger partial charge in [-0.2, -0.15) is 0 Å². The summed E-state index contributed by atoms with van der Waals surface area (Å²) in [7, 11) is 0. The molecule has 1 amide bonds. The minimum absolute atomic E-state index is 0.0861. The molecule has 4 rings (SSSR count). The fourth-order valence-corrected chi connectivity index (χ4v) is 3.83. The summed E-state index contributed by atoms with van der Waals surface area (Å²) in [5.41, 5.74) is 4.14. The van der Waals surface area contributed by atoms with Crippen LogP contribution in [-0.4, -0.2) is 51.9 Å². The van der Waals surface area contributed by atoms with E-state index in [1.807, 2.05) is 17.9 Å². The maximum Gasteiger partial charge on any atom is 0.272 e. The molecule has 1 aromatic carbocycles. The van der Waals surface area contributed by atoms with Crippen molar-refractivity contribution in [1.29, 1.82) is 0 Å². The molecule has 5 nitrogen and oxygen atoms in total. The van der Waals surface area contributed by atoms with Crippen molar-refractivity contribution in [3.8, 4) is 0 Å². The number of nitrogens with zero attached hydrogens (tertiary/aromatic N) is 4. The molecule has 0 unspecified atom stereocenters. The van der Waals surface area contributed by atoms with Gasteiger partial charge in [0.15, 0.2) is 0 Å². The molecule has 1 aliphatic heterocycles. The van der Waals surface area contributed by atoms with Crippen LogP contribution in [0.4, 0.5) is 0 Å². The molecule has 0 saturated carbocycles. The Morgan fingerprint density at radius 2 is 1.80 bits per heavy atom. The summed E-state index contributed by atoms with van der Waals surface area (Å²) in [5, 5.41) is 0. The van der Waals surface area contributed by atoms with Crippen LogP contribution in [0.15, 0.2) is 30.3 Å². The summed E-state index contributed by atoms with van der Waals surface area (Å²) in [6, 6.07) is 10.5. The van der Waals surface area contributed by atoms with Gasteiger partial charge < -0.3 is 4.90 Å². The number of carbonyl (C=O) groups excluding carboxylic acids is 1. The third-order valence-corrected chi connectivity index (χ3v) is 5.16. The molecule has 0 bridgehead atoms. The summed E-state index contributed by atoms with van der Waals surface area (Å²) in [5.74, 6) is 0.801. The Morgan fingerprint density at radius 3 is 2.56 bits per heavy atom. The van der Waals surface area contributed by atoms with E-state index in [1.165, 1.54) is 5.56 Å². The Labute approximate surface area is 148 Å². The van der Waals surface area contributed by atoms with E-state index in [9.17, 15) is 4.79 Å². The predicted molar refractivity (Wildman–Crippen MR) is 96.4 cm³/mol. The molecule has 130 valence electrons. The first kappa shape index (κ1) is 16.2. The van der Waals surface area contributed by atoms with Gasteiger partial charge in [-0.05, 0) is 31.7 Å².